The van der Waals surface area contributed by atoms with Gasteiger partial charge >= 0.3 is 5.76 Å². The van der Waals surface area contributed by atoms with Crippen molar-refractivity contribution in [2.24, 2.45) is 29.6 Å². The largest absolute Gasteiger partial charge is 0.439 e. The molecular formula is C36H42N4O3. The summed E-state index contributed by atoms with van der Waals surface area (Å²) in [6.45, 7) is 5.03. The number of fused-ring (bicyclic) bond motifs is 2. The summed E-state index contributed by atoms with van der Waals surface area (Å²) in [5.74, 6) is 4.90. The Morgan fingerprint density at radius 3 is 2.35 bits per heavy atom. The van der Waals surface area contributed by atoms with E-state index in [-0.39, 0.29) is 5.56 Å². The molecule has 7 rings (SSSR count). The van der Waals surface area contributed by atoms with Gasteiger partial charge in [0.25, 0.3) is 5.56 Å². The lowest BCUT2D eigenvalue weighted by Crippen LogP contribution is -2.32. The van der Waals surface area contributed by atoms with Crippen LogP contribution in [0, 0.1) is 36.5 Å². The van der Waals surface area contributed by atoms with Crippen LogP contribution in [0.2, 0.25) is 0 Å². The standard InChI is InChI=1S/C36H42N4O3/c1-3-4-9-33-32(20-23-10-12-27(13-11-23)30-7-5-6-8-31(30)34-38-36(42)43-39-34)35(41)40(22(2)37-33)21-26-15-24-14-25-17-28(16-24)29(18-25)19-26/h5-8,10-13,24-26,28-29H,3-4,9,14-21H2,1-2H3,(H,38,39,42). The number of benzene rings is 2. The summed E-state index contributed by atoms with van der Waals surface area (Å²) in [7, 11) is 0. The summed E-state index contributed by atoms with van der Waals surface area (Å²) in [5.41, 5.74) is 5.81. The number of aryl methyl sites for hydroxylation is 2. The van der Waals surface area contributed by atoms with E-state index in [1.807, 2.05) is 35.8 Å². The van der Waals surface area contributed by atoms with Gasteiger partial charge in [0.2, 0.25) is 0 Å². The molecule has 5 unspecified atom stereocenters. The molecule has 3 aliphatic rings. The molecule has 3 saturated carbocycles. The highest BCUT2D eigenvalue weighted by atomic mass is 16.5. The third-order valence-corrected chi connectivity index (χ3v) is 10.6. The topological polar surface area (TPSA) is 93.8 Å². The molecule has 0 amide bonds. The van der Waals surface area contributed by atoms with Crippen molar-refractivity contribution in [2.45, 2.75) is 84.6 Å². The van der Waals surface area contributed by atoms with E-state index in [1.165, 1.54) is 38.5 Å². The van der Waals surface area contributed by atoms with Crippen LogP contribution in [-0.2, 0) is 19.4 Å². The zero-order valence-corrected chi connectivity index (χ0v) is 25.4. The maximum Gasteiger partial charge on any atom is 0.439 e. The van der Waals surface area contributed by atoms with Gasteiger partial charge in [-0.3, -0.25) is 18.9 Å². The number of rotatable bonds is 9. The molecule has 7 heteroatoms. The highest BCUT2D eigenvalue weighted by Crippen LogP contribution is 2.54. The molecule has 4 aromatic rings. The van der Waals surface area contributed by atoms with Crippen LogP contribution in [0.5, 0.6) is 0 Å². The molecule has 224 valence electrons. The number of nitrogens with one attached hydrogen (secondary N) is 1. The Bertz CT molecular complexity index is 1710. The van der Waals surface area contributed by atoms with Crippen LogP contribution in [0.3, 0.4) is 0 Å². The second-order valence-electron chi connectivity index (χ2n) is 13.5. The summed E-state index contributed by atoms with van der Waals surface area (Å²) >= 11 is 0. The quantitative estimate of drug-likeness (QED) is 0.232. The van der Waals surface area contributed by atoms with Crippen LogP contribution in [-0.4, -0.2) is 19.7 Å². The Morgan fingerprint density at radius 2 is 1.63 bits per heavy atom. The van der Waals surface area contributed by atoms with Crippen molar-refractivity contribution >= 4 is 0 Å². The van der Waals surface area contributed by atoms with E-state index in [2.05, 4.69) is 41.3 Å². The molecule has 2 aromatic carbocycles. The van der Waals surface area contributed by atoms with Gasteiger partial charge in [0.15, 0.2) is 5.82 Å². The first kappa shape index (κ1) is 28.1. The van der Waals surface area contributed by atoms with Gasteiger partial charge in [0.1, 0.15) is 5.82 Å². The van der Waals surface area contributed by atoms with Gasteiger partial charge in [0.05, 0.1) is 5.69 Å². The molecule has 5 atom stereocenters. The Kier molecular flexibility index (Phi) is 7.66. The SMILES string of the molecule is CCCCc1nc(C)n(CC2CC3CC4CC(C3)C(C4)C2)c(=O)c1Cc1ccc(-c2ccccc2-c2noc(=O)[nH]2)cc1. The minimum Gasteiger partial charge on any atom is -0.296 e. The van der Waals surface area contributed by atoms with E-state index in [0.717, 1.165) is 88.8 Å². The maximum absolute atomic E-state index is 14.2. The number of H-pyrrole nitrogens is 1. The van der Waals surface area contributed by atoms with E-state index >= 15 is 0 Å². The fourth-order valence-corrected chi connectivity index (χ4v) is 8.69. The molecule has 1 N–H and O–H groups in total. The van der Waals surface area contributed by atoms with E-state index in [0.29, 0.717) is 18.2 Å². The zero-order valence-electron chi connectivity index (χ0n) is 25.4. The van der Waals surface area contributed by atoms with Gasteiger partial charge < -0.3 is 0 Å². The summed E-state index contributed by atoms with van der Waals surface area (Å²) in [4.78, 5) is 33.5. The van der Waals surface area contributed by atoms with Crippen molar-refractivity contribution in [3.05, 3.63) is 92.1 Å². The summed E-state index contributed by atoms with van der Waals surface area (Å²) in [6, 6.07) is 16.2. The Balaban J connectivity index is 1.17. The van der Waals surface area contributed by atoms with Gasteiger partial charge in [-0.25, -0.2) is 9.78 Å². The molecule has 3 fully saturated rings. The first-order valence-corrected chi connectivity index (χ1v) is 16.3. The van der Waals surface area contributed by atoms with Crippen molar-refractivity contribution in [1.82, 2.24) is 19.7 Å². The van der Waals surface area contributed by atoms with Crippen molar-refractivity contribution in [3.63, 3.8) is 0 Å². The molecule has 2 heterocycles. The third-order valence-electron chi connectivity index (χ3n) is 10.6. The van der Waals surface area contributed by atoms with Crippen molar-refractivity contribution in [2.75, 3.05) is 0 Å². The molecule has 0 aliphatic heterocycles. The number of hydrogen-bond acceptors (Lipinski definition) is 5. The van der Waals surface area contributed by atoms with Gasteiger partial charge in [-0.15, -0.1) is 0 Å². The highest BCUT2D eigenvalue weighted by molar-refractivity contribution is 5.80. The van der Waals surface area contributed by atoms with Crippen molar-refractivity contribution in [3.8, 4) is 22.5 Å². The zero-order chi connectivity index (χ0) is 29.5. The van der Waals surface area contributed by atoms with Gasteiger partial charge in [0, 0.05) is 24.1 Å². The highest BCUT2D eigenvalue weighted by Gasteiger charge is 2.44. The number of unbranched alkanes of at least 4 members (excludes halogenated alkanes) is 1. The third kappa shape index (κ3) is 5.66. The Labute approximate surface area is 252 Å². The predicted octanol–water partition coefficient (Wildman–Crippen LogP) is 6.96. The van der Waals surface area contributed by atoms with Crippen LogP contribution in [0.1, 0.15) is 80.9 Å². The molecule has 3 bridgehead atoms. The molecular weight excluding hydrogens is 536 g/mol. The minimum absolute atomic E-state index is 0.154. The lowest BCUT2D eigenvalue weighted by Gasteiger charge is -2.29. The maximum atomic E-state index is 14.2. The van der Waals surface area contributed by atoms with E-state index in [4.69, 9.17) is 9.51 Å². The second-order valence-corrected chi connectivity index (χ2v) is 13.5. The Morgan fingerprint density at radius 1 is 0.907 bits per heavy atom. The molecule has 2 aromatic heterocycles. The fraction of sp³-hybridized carbons (Fsp3) is 0.500. The smallest absolute Gasteiger partial charge is 0.296 e. The first-order chi connectivity index (χ1) is 20.9. The van der Waals surface area contributed by atoms with Gasteiger partial charge in [-0.2, -0.15) is 0 Å². The molecule has 0 radical (unpaired) electrons. The number of aromatic nitrogens is 4. The van der Waals surface area contributed by atoms with Crippen LogP contribution < -0.4 is 11.3 Å². The van der Waals surface area contributed by atoms with E-state index in [1.54, 1.807) is 0 Å². The lowest BCUT2D eigenvalue weighted by molar-refractivity contribution is 0.227. The van der Waals surface area contributed by atoms with Crippen LogP contribution in [0.25, 0.3) is 22.5 Å². The summed E-state index contributed by atoms with van der Waals surface area (Å²) in [5, 5.41) is 3.89. The van der Waals surface area contributed by atoms with Crippen molar-refractivity contribution in [1.29, 1.82) is 0 Å². The molecule has 3 aliphatic carbocycles. The van der Waals surface area contributed by atoms with E-state index in [9.17, 15) is 9.59 Å². The van der Waals surface area contributed by atoms with Gasteiger partial charge in [-0.1, -0.05) is 67.0 Å². The molecule has 43 heavy (non-hydrogen) atoms. The summed E-state index contributed by atoms with van der Waals surface area (Å²) < 4.78 is 6.76. The minimum atomic E-state index is -0.574. The molecule has 7 nitrogen and oxygen atoms in total. The second kappa shape index (κ2) is 11.7. The van der Waals surface area contributed by atoms with Crippen LogP contribution in [0.4, 0.5) is 0 Å². The number of hydrogen-bond donors (Lipinski definition) is 1. The van der Waals surface area contributed by atoms with Crippen LogP contribution in [0.15, 0.2) is 62.6 Å². The molecule has 0 spiro atoms. The average Bonchev–Trinajstić information content (AvgIpc) is 3.53. The Hall–Kier alpha value is -3.74. The fourth-order valence-electron chi connectivity index (χ4n) is 8.69. The van der Waals surface area contributed by atoms with Gasteiger partial charge in [-0.05, 0) is 105 Å². The molecule has 0 saturated heterocycles. The monoisotopic (exact) mass is 578 g/mol. The summed E-state index contributed by atoms with van der Waals surface area (Å²) in [6.07, 6.45) is 11.8. The lowest BCUT2D eigenvalue weighted by atomic mass is 9.78. The normalized spacial score (nSPS) is 24.4. The number of aromatic amines is 1. The van der Waals surface area contributed by atoms with Crippen LogP contribution >= 0.6 is 0 Å². The first-order valence-electron chi connectivity index (χ1n) is 16.3. The van der Waals surface area contributed by atoms with Crippen molar-refractivity contribution < 1.29 is 4.52 Å². The average molecular weight is 579 g/mol. The van der Waals surface area contributed by atoms with E-state index < -0.39 is 5.76 Å². The predicted molar refractivity (Wildman–Crippen MR) is 168 cm³/mol. The number of nitrogens with zero attached hydrogens (tertiary/aromatic N) is 3.